The molecule has 2 aromatic rings. The minimum atomic E-state index is -0.217. The van der Waals surface area contributed by atoms with Crippen molar-refractivity contribution in [1.29, 1.82) is 0 Å². The molecule has 1 saturated heterocycles. The molecule has 0 aliphatic carbocycles. The van der Waals surface area contributed by atoms with Crippen LogP contribution in [0.2, 0.25) is 0 Å². The number of hydrogen-bond acceptors (Lipinski definition) is 5. The number of benzene rings is 1. The number of hydrogen-bond donors (Lipinski definition) is 1. The quantitative estimate of drug-likeness (QED) is 0.838. The third-order valence-corrected chi connectivity index (χ3v) is 3.15. The second kappa shape index (κ2) is 4.83. The Hall–Kier alpha value is -1.79. The Bertz CT molecular complexity index is 512. The lowest BCUT2D eigenvalue weighted by molar-refractivity contribution is 0.173. The molecular formula is C12H15N5O. The first-order chi connectivity index (χ1) is 8.83. The van der Waals surface area contributed by atoms with Gasteiger partial charge >= 0.3 is 0 Å². The molecule has 18 heavy (non-hydrogen) atoms. The maximum absolute atomic E-state index is 9.51. The Kier molecular flexibility index (Phi) is 3.04. The number of aliphatic hydroxyl groups excluding tert-OH is 1. The summed E-state index contributed by atoms with van der Waals surface area (Å²) in [6.45, 7) is 2.25. The first-order valence-corrected chi connectivity index (χ1v) is 6.06. The summed E-state index contributed by atoms with van der Waals surface area (Å²) in [5, 5.41) is 21.3. The Morgan fingerprint density at radius 3 is 2.83 bits per heavy atom. The van der Waals surface area contributed by atoms with Gasteiger partial charge in [0.05, 0.1) is 18.3 Å². The number of aromatic nitrogens is 4. The van der Waals surface area contributed by atoms with Gasteiger partial charge in [-0.05, 0) is 29.0 Å². The predicted octanol–water partition coefficient (Wildman–Crippen LogP) is 0.229. The van der Waals surface area contributed by atoms with E-state index in [4.69, 9.17) is 0 Å². The summed E-state index contributed by atoms with van der Waals surface area (Å²) in [5.74, 6) is 0.801. The topological polar surface area (TPSA) is 67.1 Å². The van der Waals surface area contributed by atoms with Gasteiger partial charge in [-0.15, -0.1) is 5.10 Å². The number of tetrazole rings is 1. The van der Waals surface area contributed by atoms with E-state index in [0.717, 1.165) is 24.5 Å². The molecule has 6 nitrogen and oxygen atoms in total. The predicted molar refractivity (Wildman–Crippen MR) is 65.1 cm³/mol. The minimum absolute atomic E-state index is 0.217. The molecule has 0 bridgehead atoms. The van der Waals surface area contributed by atoms with E-state index < -0.39 is 0 Å². The van der Waals surface area contributed by atoms with Crippen molar-refractivity contribution in [3.63, 3.8) is 0 Å². The first-order valence-electron chi connectivity index (χ1n) is 6.06. The van der Waals surface area contributed by atoms with Crippen LogP contribution in [0.4, 0.5) is 0 Å². The Morgan fingerprint density at radius 2 is 2.11 bits per heavy atom. The van der Waals surface area contributed by atoms with Gasteiger partial charge < -0.3 is 5.11 Å². The second-order valence-corrected chi connectivity index (χ2v) is 4.52. The first kappa shape index (κ1) is 11.3. The average molecular weight is 245 g/mol. The molecule has 0 unspecified atom stereocenters. The van der Waals surface area contributed by atoms with Gasteiger partial charge in [0, 0.05) is 13.1 Å². The molecule has 0 radical (unpaired) electrons. The highest BCUT2D eigenvalue weighted by atomic mass is 16.3. The molecule has 3 rings (SSSR count). The highest BCUT2D eigenvalue weighted by molar-refractivity contribution is 5.30. The fourth-order valence-corrected chi connectivity index (χ4v) is 2.23. The summed E-state index contributed by atoms with van der Waals surface area (Å²) in [6, 6.07) is 9.82. The van der Waals surface area contributed by atoms with Crippen LogP contribution in [-0.4, -0.2) is 49.4 Å². The fraction of sp³-hybridized carbons (Fsp3) is 0.417. The van der Waals surface area contributed by atoms with Gasteiger partial charge in [-0.1, -0.05) is 18.2 Å². The molecule has 0 saturated carbocycles. The monoisotopic (exact) mass is 245 g/mol. The zero-order chi connectivity index (χ0) is 12.4. The maximum Gasteiger partial charge on any atom is 0.170 e. The van der Waals surface area contributed by atoms with E-state index in [1.807, 2.05) is 30.3 Å². The minimum Gasteiger partial charge on any atom is -0.392 e. The lowest BCUT2D eigenvalue weighted by atomic mass is 10.3. The van der Waals surface area contributed by atoms with Crippen molar-refractivity contribution >= 4 is 0 Å². The van der Waals surface area contributed by atoms with Crippen molar-refractivity contribution in [3.05, 3.63) is 36.2 Å². The van der Waals surface area contributed by atoms with Gasteiger partial charge in [-0.2, -0.15) is 4.68 Å². The van der Waals surface area contributed by atoms with Gasteiger partial charge in [-0.25, -0.2) is 0 Å². The number of rotatable bonds is 3. The number of likely N-dealkylation sites (tertiary alicyclic amines) is 1. The van der Waals surface area contributed by atoms with Gasteiger partial charge in [0.2, 0.25) is 0 Å². The fourth-order valence-electron chi connectivity index (χ4n) is 2.23. The Balaban J connectivity index is 1.80. The third-order valence-electron chi connectivity index (χ3n) is 3.15. The van der Waals surface area contributed by atoms with Crippen LogP contribution in [0.25, 0.3) is 5.69 Å². The molecule has 2 heterocycles. The largest absolute Gasteiger partial charge is 0.392 e. The van der Waals surface area contributed by atoms with Crippen molar-refractivity contribution in [2.24, 2.45) is 0 Å². The van der Waals surface area contributed by atoms with E-state index in [1.54, 1.807) is 4.68 Å². The van der Waals surface area contributed by atoms with Crippen molar-refractivity contribution in [3.8, 4) is 5.69 Å². The average Bonchev–Trinajstić information content (AvgIpc) is 3.00. The van der Waals surface area contributed by atoms with E-state index in [9.17, 15) is 5.11 Å². The standard InChI is InChI=1S/C12H15N5O/c18-11-6-7-16(8-11)9-12-13-14-15-17(12)10-4-2-1-3-5-10/h1-5,11,18H,6-9H2/t11-/m1/s1. The number of aliphatic hydroxyl groups is 1. The summed E-state index contributed by atoms with van der Waals surface area (Å²) < 4.78 is 1.74. The third kappa shape index (κ3) is 2.25. The summed E-state index contributed by atoms with van der Waals surface area (Å²) in [6.07, 6.45) is 0.610. The summed E-state index contributed by atoms with van der Waals surface area (Å²) in [5.41, 5.74) is 0.956. The number of nitrogens with zero attached hydrogens (tertiary/aromatic N) is 5. The molecule has 0 spiro atoms. The maximum atomic E-state index is 9.51. The van der Waals surface area contributed by atoms with Crippen LogP contribution < -0.4 is 0 Å². The molecule has 1 aromatic heterocycles. The van der Waals surface area contributed by atoms with Gasteiger partial charge in [0.15, 0.2) is 5.82 Å². The summed E-state index contributed by atoms with van der Waals surface area (Å²) >= 11 is 0. The Labute approximate surface area is 105 Å². The zero-order valence-corrected chi connectivity index (χ0v) is 9.98. The molecule has 1 atom stereocenters. The van der Waals surface area contributed by atoms with Crippen LogP contribution in [0.3, 0.4) is 0 Å². The van der Waals surface area contributed by atoms with Crippen LogP contribution in [0.15, 0.2) is 30.3 Å². The smallest absolute Gasteiger partial charge is 0.170 e. The molecule has 1 aromatic carbocycles. The SMILES string of the molecule is O[C@@H]1CCN(Cc2nnnn2-c2ccccc2)C1. The van der Waals surface area contributed by atoms with Crippen LogP contribution >= 0.6 is 0 Å². The lowest BCUT2D eigenvalue weighted by Gasteiger charge is -2.13. The second-order valence-electron chi connectivity index (χ2n) is 4.52. The Morgan fingerprint density at radius 1 is 1.28 bits per heavy atom. The number of β-amino-alcohol motifs (C(OH)–C–C–N with tert-alkyl or cyclic N) is 1. The zero-order valence-electron chi connectivity index (χ0n) is 9.98. The number of para-hydroxylation sites is 1. The highest BCUT2D eigenvalue weighted by Crippen LogP contribution is 2.13. The summed E-state index contributed by atoms with van der Waals surface area (Å²) in [4.78, 5) is 2.16. The van der Waals surface area contributed by atoms with Crippen LogP contribution in [0.5, 0.6) is 0 Å². The normalized spacial score (nSPS) is 20.4. The molecule has 1 fully saturated rings. The van der Waals surface area contributed by atoms with Crippen LogP contribution in [0.1, 0.15) is 12.2 Å². The molecular weight excluding hydrogens is 230 g/mol. The molecule has 6 heteroatoms. The van der Waals surface area contributed by atoms with E-state index in [-0.39, 0.29) is 6.10 Å². The lowest BCUT2D eigenvalue weighted by Crippen LogP contribution is -2.23. The summed E-state index contributed by atoms with van der Waals surface area (Å²) in [7, 11) is 0. The van der Waals surface area contributed by atoms with E-state index in [0.29, 0.717) is 13.1 Å². The van der Waals surface area contributed by atoms with E-state index >= 15 is 0 Å². The van der Waals surface area contributed by atoms with Crippen molar-refractivity contribution in [1.82, 2.24) is 25.1 Å². The molecule has 1 aliphatic heterocycles. The highest BCUT2D eigenvalue weighted by Gasteiger charge is 2.22. The molecule has 1 N–H and O–H groups in total. The van der Waals surface area contributed by atoms with Gasteiger partial charge in [-0.3, -0.25) is 4.90 Å². The molecule has 1 aliphatic rings. The van der Waals surface area contributed by atoms with Gasteiger partial charge in [0.1, 0.15) is 0 Å². The van der Waals surface area contributed by atoms with E-state index in [1.165, 1.54) is 0 Å². The van der Waals surface area contributed by atoms with Crippen molar-refractivity contribution < 1.29 is 5.11 Å². The van der Waals surface area contributed by atoms with E-state index in [2.05, 4.69) is 20.4 Å². The van der Waals surface area contributed by atoms with Crippen molar-refractivity contribution in [2.75, 3.05) is 13.1 Å². The molecule has 0 amide bonds. The van der Waals surface area contributed by atoms with Crippen LogP contribution in [0, 0.1) is 0 Å². The molecule has 94 valence electrons. The van der Waals surface area contributed by atoms with Gasteiger partial charge in [0.25, 0.3) is 0 Å². The van der Waals surface area contributed by atoms with Crippen molar-refractivity contribution in [2.45, 2.75) is 19.1 Å². The van der Waals surface area contributed by atoms with Crippen LogP contribution in [-0.2, 0) is 6.54 Å².